The Kier molecular flexibility index (Phi) is 49.0. The number of esters is 3. The maximum Gasteiger partial charge on any atom is 0.306 e. The van der Waals surface area contributed by atoms with E-state index in [-0.39, 0.29) is 31.1 Å². The largest absolute Gasteiger partial charge is 0.462 e. The average molecular weight is 889 g/mol. The summed E-state index contributed by atoms with van der Waals surface area (Å²) >= 11 is 0. The molecule has 0 amide bonds. The SMILES string of the molecule is CC/C=C\C/C=C\C/C=C\CCCCCCC(=O)OC(COC(=O)CCCCCCC\C=C/C=C\C=C/C=C\C=C/CCC)COC(=O)CCCCCCCCCCCCCCCC. The summed E-state index contributed by atoms with van der Waals surface area (Å²) in [7, 11) is 0. The molecular weight excluding hydrogens is 793 g/mol. The number of hydrogen-bond acceptors (Lipinski definition) is 6. The average Bonchev–Trinajstić information content (AvgIpc) is 3.29. The number of carbonyl (C=O) groups is 3. The van der Waals surface area contributed by atoms with E-state index in [1.807, 2.05) is 24.3 Å². The number of carbonyl (C=O) groups excluding carboxylic acids is 3. The normalized spacial score (nSPS) is 12.9. The summed E-state index contributed by atoms with van der Waals surface area (Å²) in [6.07, 6.45) is 68.1. The Labute approximate surface area is 394 Å². The molecule has 0 aromatic heterocycles. The fourth-order valence-corrected chi connectivity index (χ4v) is 7.02. The fraction of sp³-hybridized carbons (Fsp3) is 0.672. The zero-order valence-corrected chi connectivity index (χ0v) is 41.5. The number of rotatable bonds is 46. The van der Waals surface area contributed by atoms with Crippen LogP contribution < -0.4 is 0 Å². The van der Waals surface area contributed by atoms with Gasteiger partial charge in [-0.3, -0.25) is 14.4 Å². The standard InChI is InChI=1S/C58H96O6/c1-4-7-10-13-16-19-22-25-28-29-30-31-34-36-39-42-45-48-51-57(60)63-54-55(64-58(61)52-49-46-43-40-37-33-27-24-21-18-15-12-9-6-3)53-62-56(59)50-47-44-41-38-35-32-26-23-20-17-14-11-8-5-2/h9-10,12-13,16,18-19,21-22,25,27-31,33,55H,4-8,11,14-15,17,20,23-24,26,32,34-54H2,1-3H3/b12-9-,13-10-,19-16-,21-18-,25-22-,29-28-,31-30-,33-27-. The van der Waals surface area contributed by atoms with Crippen LogP contribution in [-0.2, 0) is 28.6 Å². The number of allylic oxidation sites excluding steroid dienone is 16. The lowest BCUT2D eigenvalue weighted by atomic mass is 10.0. The molecule has 1 atom stereocenters. The first-order valence-electron chi connectivity index (χ1n) is 26.3. The Morgan fingerprint density at radius 3 is 1.16 bits per heavy atom. The van der Waals surface area contributed by atoms with Gasteiger partial charge in [0, 0.05) is 19.3 Å². The molecule has 64 heavy (non-hydrogen) atoms. The van der Waals surface area contributed by atoms with Gasteiger partial charge in [0.2, 0.25) is 0 Å². The Morgan fingerprint density at radius 2 is 0.703 bits per heavy atom. The van der Waals surface area contributed by atoms with E-state index in [4.69, 9.17) is 14.2 Å². The molecule has 0 rings (SSSR count). The van der Waals surface area contributed by atoms with Crippen LogP contribution in [-0.4, -0.2) is 37.2 Å². The molecular formula is C58H96O6. The van der Waals surface area contributed by atoms with E-state index in [0.29, 0.717) is 19.3 Å². The highest BCUT2D eigenvalue weighted by atomic mass is 16.6. The molecule has 0 bridgehead atoms. The molecule has 0 heterocycles. The summed E-state index contributed by atoms with van der Waals surface area (Å²) in [6.45, 7) is 6.39. The van der Waals surface area contributed by atoms with Crippen LogP contribution >= 0.6 is 0 Å². The van der Waals surface area contributed by atoms with Gasteiger partial charge in [0.1, 0.15) is 13.2 Å². The fourth-order valence-electron chi connectivity index (χ4n) is 7.02. The van der Waals surface area contributed by atoms with Crippen molar-refractivity contribution in [2.45, 2.75) is 239 Å². The van der Waals surface area contributed by atoms with Crippen molar-refractivity contribution >= 4 is 17.9 Å². The van der Waals surface area contributed by atoms with E-state index >= 15 is 0 Å². The lowest BCUT2D eigenvalue weighted by Crippen LogP contribution is -2.30. The highest BCUT2D eigenvalue weighted by Gasteiger charge is 2.19. The summed E-state index contributed by atoms with van der Waals surface area (Å²) in [6, 6.07) is 0. The molecule has 0 aliphatic heterocycles. The van der Waals surface area contributed by atoms with Gasteiger partial charge in [-0.2, -0.15) is 0 Å². The number of hydrogen-bond donors (Lipinski definition) is 0. The highest BCUT2D eigenvalue weighted by Crippen LogP contribution is 2.15. The van der Waals surface area contributed by atoms with Crippen LogP contribution in [0.3, 0.4) is 0 Å². The van der Waals surface area contributed by atoms with E-state index in [2.05, 4.69) is 93.7 Å². The van der Waals surface area contributed by atoms with Gasteiger partial charge in [-0.1, -0.05) is 240 Å². The second-order valence-electron chi connectivity index (χ2n) is 17.2. The first-order chi connectivity index (χ1) is 31.5. The topological polar surface area (TPSA) is 78.9 Å². The van der Waals surface area contributed by atoms with Crippen LogP contribution in [0.15, 0.2) is 97.2 Å². The van der Waals surface area contributed by atoms with Gasteiger partial charge in [-0.25, -0.2) is 0 Å². The molecule has 0 N–H and O–H groups in total. The van der Waals surface area contributed by atoms with Crippen LogP contribution in [0.5, 0.6) is 0 Å². The van der Waals surface area contributed by atoms with Crippen molar-refractivity contribution in [3.8, 4) is 0 Å². The Morgan fingerprint density at radius 1 is 0.344 bits per heavy atom. The third-order valence-electron chi connectivity index (χ3n) is 10.9. The van der Waals surface area contributed by atoms with E-state index in [0.717, 1.165) is 116 Å². The second kappa shape index (κ2) is 52.0. The Balaban J connectivity index is 4.47. The molecule has 0 saturated carbocycles. The number of ether oxygens (including phenoxy) is 3. The van der Waals surface area contributed by atoms with Gasteiger partial charge in [0.15, 0.2) is 6.10 Å². The summed E-state index contributed by atoms with van der Waals surface area (Å²) in [5, 5.41) is 0. The second-order valence-corrected chi connectivity index (χ2v) is 17.2. The third-order valence-corrected chi connectivity index (χ3v) is 10.9. The third kappa shape index (κ3) is 49.3. The lowest BCUT2D eigenvalue weighted by molar-refractivity contribution is -0.167. The molecule has 0 aromatic rings. The summed E-state index contributed by atoms with van der Waals surface area (Å²) in [4.78, 5) is 38.0. The molecule has 0 aliphatic carbocycles. The molecule has 0 radical (unpaired) electrons. The van der Waals surface area contributed by atoms with Gasteiger partial charge in [0.25, 0.3) is 0 Å². The summed E-state index contributed by atoms with van der Waals surface area (Å²) < 4.78 is 16.8. The van der Waals surface area contributed by atoms with Gasteiger partial charge in [-0.15, -0.1) is 0 Å². The maximum absolute atomic E-state index is 12.8. The van der Waals surface area contributed by atoms with Crippen molar-refractivity contribution in [3.63, 3.8) is 0 Å². The minimum atomic E-state index is -0.799. The van der Waals surface area contributed by atoms with Crippen LogP contribution in [0.4, 0.5) is 0 Å². The first-order valence-corrected chi connectivity index (χ1v) is 26.3. The molecule has 1 unspecified atom stereocenters. The quantitative estimate of drug-likeness (QED) is 0.0199. The van der Waals surface area contributed by atoms with Crippen LogP contribution in [0, 0.1) is 0 Å². The van der Waals surface area contributed by atoms with Crippen molar-refractivity contribution in [3.05, 3.63) is 97.2 Å². The minimum Gasteiger partial charge on any atom is -0.462 e. The van der Waals surface area contributed by atoms with E-state index in [1.165, 1.54) is 77.0 Å². The Hall–Kier alpha value is -3.67. The van der Waals surface area contributed by atoms with Gasteiger partial charge >= 0.3 is 17.9 Å². The van der Waals surface area contributed by atoms with Crippen LogP contribution in [0.1, 0.15) is 233 Å². The zero-order chi connectivity index (χ0) is 46.5. The van der Waals surface area contributed by atoms with Gasteiger partial charge < -0.3 is 14.2 Å². The molecule has 364 valence electrons. The zero-order valence-electron chi connectivity index (χ0n) is 41.5. The minimum absolute atomic E-state index is 0.0945. The lowest BCUT2D eigenvalue weighted by Gasteiger charge is -2.18. The molecule has 6 heteroatoms. The van der Waals surface area contributed by atoms with Crippen LogP contribution in [0.2, 0.25) is 0 Å². The Bertz CT molecular complexity index is 1300. The van der Waals surface area contributed by atoms with Gasteiger partial charge in [0.05, 0.1) is 0 Å². The van der Waals surface area contributed by atoms with E-state index < -0.39 is 6.10 Å². The number of unbranched alkanes of at least 4 members (excludes halogenated alkanes) is 23. The maximum atomic E-state index is 12.8. The molecule has 0 spiro atoms. The summed E-state index contributed by atoms with van der Waals surface area (Å²) in [5.74, 6) is -0.943. The monoisotopic (exact) mass is 889 g/mol. The smallest absolute Gasteiger partial charge is 0.306 e. The van der Waals surface area contributed by atoms with E-state index in [9.17, 15) is 14.4 Å². The highest BCUT2D eigenvalue weighted by molar-refractivity contribution is 5.71. The summed E-state index contributed by atoms with van der Waals surface area (Å²) in [5.41, 5.74) is 0. The molecule has 0 aromatic carbocycles. The van der Waals surface area contributed by atoms with Gasteiger partial charge in [-0.05, 0) is 70.6 Å². The van der Waals surface area contributed by atoms with Crippen molar-refractivity contribution in [1.29, 1.82) is 0 Å². The predicted molar refractivity (Wildman–Crippen MR) is 274 cm³/mol. The molecule has 6 nitrogen and oxygen atoms in total. The predicted octanol–water partition coefficient (Wildman–Crippen LogP) is 17.4. The van der Waals surface area contributed by atoms with Crippen molar-refractivity contribution in [2.75, 3.05) is 13.2 Å². The van der Waals surface area contributed by atoms with Crippen molar-refractivity contribution in [1.82, 2.24) is 0 Å². The molecule has 0 saturated heterocycles. The van der Waals surface area contributed by atoms with E-state index in [1.54, 1.807) is 0 Å². The van der Waals surface area contributed by atoms with Crippen molar-refractivity contribution < 1.29 is 28.6 Å². The molecule has 0 aliphatic rings. The molecule has 0 fully saturated rings. The van der Waals surface area contributed by atoms with Crippen molar-refractivity contribution in [2.24, 2.45) is 0 Å². The van der Waals surface area contributed by atoms with Crippen LogP contribution in [0.25, 0.3) is 0 Å². The first kappa shape index (κ1) is 60.3.